The molecule has 0 unspecified atom stereocenters. The lowest BCUT2D eigenvalue weighted by atomic mass is 9.96. The second kappa shape index (κ2) is 2.04. The molecule has 0 radical (unpaired) electrons. The minimum atomic E-state index is 0.148. The molecule has 0 aromatic heterocycles. The highest BCUT2D eigenvalue weighted by Crippen LogP contribution is 2.28. The Hall–Kier alpha value is -0.920. The van der Waals surface area contributed by atoms with Crippen LogP contribution in [0.15, 0.2) is 16.3 Å². The van der Waals surface area contributed by atoms with Crippen LogP contribution in [0.1, 0.15) is 25.7 Å². The monoisotopic (exact) mass is 135 g/mol. The summed E-state index contributed by atoms with van der Waals surface area (Å²) in [4.78, 5) is 15.0. The van der Waals surface area contributed by atoms with E-state index in [-0.39, 0.29) is 5.78 Å². The lowest BCUT2D eigenvalue weighted by Gasteiger charge is -2.09. The van der Waals surface area contributed by atoms with Crippen LogP contribution in [0.4, 0.5) is 0 Å². The molecule has 0 aromatic rings. The molecule has 0 bridgehead atoms. The van der Waals surface area contributed by atoms with Crippen molar-refractivity contribution in [1.82, 2.24) is 0 Å². The molecule has 0 aromatic carbocycles. The van der Waals surface area contributed by atoms with Gasteiger partial charge in [0.05, 0.1) is 6.21 Å². The summed E-state index contributed by atoms with van der Waals surface area (Å²) in [7, 11) is 0. The fourth-order valence-electron chi connectivity index (χ4n) is 1.51. The van der Waals surface area contributed by atoms with Gasteiger partial charge in [0.25, 0.3) is 0 Å². The Morgan fingerprint density at radius 3 is 2.90 bits per heavy atom. The molecule has 0 N–H and O–H groups in total. The summed E-state index contributed by atoms with van der Waals surface area (Å²) in [5.41, 5.74) is 2.03. The van der Waals surface area contributed by atoms with Crippen molar-refractivity contribution in [1.29, 1.82) is 0 Å². The van der Waals surface area contributed by atoms with Gasteiger partial charge >= 0.3 is 0 Å². The molecule has 0 spiro atoms. The number of rotatable bonds is 0. The Morgan fingerprint density at radius 2 is 2.10 bits per heavy atom. The average molecular weight is 135 g/mol. The van der Waals surface area contributed by atoms with Crippen molar-refractivity contribution in [3.63, 3.8) is 0 Å². The van der Waals surface area contributed by atoms with E-state index in [0.717, 1.165) is 30.5 Å². The van der Waals surface area contributed by atoms with Gasteiger partial charge in [0.2, 0.25) is 5.78 Å². The summed E-state index contributed by atoms with van der Waals surface area (Å²) >= 11 is 0. The largest absolute Gasteiger partial charge is 0.288 e. The first-order valence-electron chi connectivity index (χ1n) is 3.68. The summed E-state index contributed by atoms with van der Waals surface area (Å²) < 4.78 is 0. The van der Waals surface area contributed by atoms with E-state index in [1.165, 1.54) is 12.6 Å². The predicted octanol–water partition coefficient (Wildman–Crippen LogP) is 1.47. The van der Waals surface area contributed by atoms with Crippen LogP contribution in [0.5, 0.6) is 0 Å². The number of carbonyl (C=O) groups is 1. The summed E-state index contributed by atoms with van der Waals surface area (Å²) in [6.07, 6.45) is 5.78. The number of nitrogens with zero attached hydrogens (tertiary/aromatic N) is 1. The van der Waals surface area contributed by atoms with Gasteiger partial charge < -0.3 is 0 Å². The molecule has 0 atom stereocenters. The number of hydrogen-bond acceptors (Lipinski definition) is 2. The molecule has 2 heteroatoms. The first-order chi connectivity index (χ1) is 4.88. The van der Waals surface area contributed by atoms with E-state index < -0.39 is 0 Å². The number of carbonyl (C=O) groups excluding carboxylic acids is 1. The van der Waals surface area contributed by atoms with E-state index in [4.69, 9.17) is 0 Å². The molecule has 10 heavy (non-hydrogen) atoms. The maximum absolute atomic E-state index is 11.0. The van der Waals surface area contributed by atoms with Crippen molar-refractivity contribution in [2.75, 3.05) is 0 Å². The Labute approximate surface area is 59.6 Å². The van der Waals surface area contributed by atoms with Crippen LogP contribution >= 0.6 is 0 Å². The zero-order valence-corrected chi connectivity index (χ0v) is 5.76. The number of allylic oxidation sites excluding steroid dienone is 2. The third kappa shape index (κ3) is 0.719. The van der Waals surface area contributed by atoms with Crippen LogP contribution in [-0.2, 0) is 4.79 Å². The van der Waals surface area contributed by atoms with E-state index in [0.29, 0.717) is 0 Å². The Balaban J connectivity index is 2.36. The third-order valence-electron chi connectivity index (χ3n) is 2.07. The van der Waals surface area contributed by atoms with Gasteiger partial charge in [-0.3, -0.25) is 9.79 Å². The topological polar surface area (TPSA) is 29.4 Å². The summed E-state index contributed by atoms with van der Waals surface area (Å²) in [5.74, 6) is 0.148. The molecule has 1 aliphatic heterocycles. The number of Topliss-reactive ketones (excluding diaryl/α,β-unsaturated/α-hetero) is 1. The van der Waals surface area contributed by atoms with Crippen LogP contribution in [-0.4, -0.2) is 12.0 Å². The summed E-state index contributed by atoms with van der Waals surface area (Å²) in [6, 6.07) is 0. The fraction of sp³-hybridized carbons (Fsp3) is 0.500. The molecule has 2 nitrogen and oxygen atoms in total. The molecule has 2 aliphatic rings. The van der Waals surface area contributed by atoms with Crippen molar-refractivity contribution >= 4 is 12.0 Å². The van der Waals surface area contributed by atoms with Crippen molar-refractivity contribution in [3.05, 3.63) is 11.3 Å². The van der Waals surface area contributed by atoms with Crippen molar-refractivity contribution in [3.8, 4) is 0 Å². The van der Waals surface area contributed by atoms with Gasteiger partial charge in [0, 0.05) is 11.3 Å². The van der Waals surface area contributed by atoms with E-state index >= 15 is 0 Å². The highest BCUT2D eigenvalue weighted by atomic mass is 16.1. The predicted molar refractivity (Wildman–Crippen MR) is 39.0 cm³/mol. The lowest BCUT2D eigenvalue weighted by molar-refractivity contribution is -0.109. The second-order valence-electron chi connectivity index (χ2n) is 2.75. The molecule has 52 valence electrons. The first-order valence-corrected chi connectivity index (χ1v) is 3.68. The van der Waals surface area contributed by atoms with Gasteiger partial charge in [-0.05, 0) is 25.7 Å². The molecule has 1 aliphatic carbocycles. The van der Waals surface area contributed by atoms with E-state index in [1.54, 1.807) is 0 Å². The van der Waals surface area contributed by atoms with Gasteiger partial charge in [0.1, 0.15) is 0 Å². The molecular weight excluding hydrogens is 126 g/mol. The van der Waals surface area contributed by atoms with E-state index in [2.05, 4.69) is 4.99 Å². The number of hydrogen-bond donors (Lipinski definition) is 0. The molecule has 0 amide bonds. The van der Waals surface area contributed by atoms with Gasteiger partial charge in [-0.2, -0.15) is 0 Å². The molecular formula is C8H9NO. The van der Waals surface area contributed by atoms with Gasteiger partial charge in [-0.25, -0.2) is 0 Å². The summed E-state index contributed by atoms with van der Waals surface area (Å²) in [6.45, 7) is 0. The molecule has 2 rings (SSSR count). The van der Waals surface area contributed by atoms with Crippen LogP contribution < -0.4 is 0 Å². The maximum Gasteiger partial charge on any atom is 0.201 e. The van der Waals surface area contributed by atoms with Crippen LogP contribution in [0, 0.1) is 0 Å². The van der Waals surface area contributed by atoms with E-state index in [1.807, 2.05) is 0 Å². The zero-order chi connectivity index (χ0) is 6.97. The first kappa shape index (κ1) is 5.83. The van der Waals surface area contributed by atoms with E-state index in [9.17, 15) is 4.79 Å². The highest BCUT2D eigenvalue weighted by molar-refractivity contribution is 6.37. The minimum absolute atomic E-state index is 0.148. The average Bonchev–Trinajstić information content (AvgIpc) is 2.34. The lowest BCUT2D eigenvalue weighted by Crippen LogP contribution is -2.03. The standard InChI is InChI=1S/C8H9NO/c10-8-5-9-7-4-2-1-3-6(7)8/h5H,1-4H2. The van der Waals surface area contributed by atoms with Crippen molar-refractivity contribution in [2.24, 2.45) is 4.99 Å². The third-order valence-corrected chi connectivity index (χ3v) is 2.07. The van der Waals surface area contributed by atoms with Gasteiger partial charge in [0.15, 0.2) is 0 Å². The van der Waals surface area contributed by atoms with Crippen LogP contribution in [0.3, 0.4) is 0 Å². The van der Waals surface area contributed by atoms with Crippen molar-refractivity contribution < 1.29 is 4.79 Å². The fourth-order valence-corrected chi connectivity index (χ4v) is 1.51. The van der Waals surface area contributed by atoms with Crippen LogP contribution in [0.25, 0.3) is 0 Å². The number of aliphatic imine (C=N–C) groups is 1. The van der Waals surface area contributed by atoms with Crippen molar-refractivity contribution in [2.45, 2.75) is 25.7 Å². The summed E-state index contributed by atoms with van der Waals surface area (Å²) in [5, 5.41) is 0. The molecule has 0 saturated carbocycles. The molecule has 0 fully saturated rings. The smallest absolute Gasteiger partial charge is 0.201 e. The SMILES string of the molecule is O=C1C=NC2=C1CCCC2. The Bertz CT molecular complexity index is 230. The highest BCUT2D eigenvalue weighted by Gasteiger charge is 2.21. The second-order valence-corrected chi connectivity index (χ2v) is 2.75. The Morgan fingerprint density at radius 1 is 1.30 bits per heavy atom. The Kier molecular flexibility index (Phi) is 1.19. The minimum Gasteiger partial charge on any atom is -0.288 e. The zero-order valence-electron chi connectivity index (χ0n) is 5.76. The van der Waals surface area contributed by atoms with Gasteiger partial charge in [-0.1, -0.05) is 0 Å². The quantitative estimate of drug-likeness (QED) is 0.494. The number of ketones is 1. The normalized spacial score (nSPS) is 23.8. The molecule has 1 heterocycles. The maximum atomic E-state index is 11.0. The van der Waals surface area contributed by atoms with Crippen LogP contribution in [0.2, 0.25) is 0 Å². The molecule has 0 saturated heterocycles. The van der Waals surface area contributed by atoms with Gasteiger partial charge in [-0.15, -0.1) is 0 Å².